The number of benzene rings is 1. The summed E-state index contributed by atoms with van der Waals surface area (Å²) in [6.45, 7) is 12.0. The van der Waals surface area contributed by atoms with Crippen LogP contribution in [0.3, 0.4) is 0 Å². The van der Waals surface area contributed by atoms with Gasteiger partial charge in [0.15, 0.2) is 0 Å². The zero-order valence-corrected chi connectivity index (χ0v) is 35.2. The maximum absolute atomic E-state index is 14.3. The number of rotatable bonds is 10. The standard InChI is InChI=1S/C44H63N5O10/c1-26(2)39-42(56)46-35(25-31-15-12-16-32(51)24-31)43(57)49-23-13-17-34(48-49)44(58)59-37(28(5)14-11-20-38(53)45-27(3)4)19-10-8-9-18-36(52)30(7)40(54)33(41(55)47-39)22-21-29(6)50/h8-12,14-16,18,20,24,26-27,30,33-37,39-40,48,51-52,54H,13,17,19,21-23,25H2,1-7H3,(H,45,53)(H,46,56)(H,47,55)/t30-,33+,34?,35-,36-,37-,39-,40+/m0/s1. The highest BCUT2D eigenvalue weighted by molar-refractivity contribution is 5.93. The zero-order valence-electron chi connectivity index (χ0n) is 35.2. The lowest BCUT2D eigenvalue weighted by Gasteiger charge is -2.36. The summed E-state index contributed by atoms with van der Waals surface area (Å²) >= 11 is 0. The van der Waals surface area contributed by atoms with Gasteiger partial charge in [-0.2, -0.15) is 0 Å². The number of aliphatic hydroxyl groups is 2. The normalized spacial score (nSPS) is 27.2. The van der Waals surface area contributed by atoms with Gasteiger partial charge in [0.25, 0.3) is 5.91 Å². The minimum atomic E-state index is -1.42. The van der Waals surface area contributed by atoms with Gasteiger partial charge in [-0.15, -0.1) is 0 Å². The van der Waals surface area contributed by atoms with E-state index in [1.807, 2.05) is 13.8 Å². The van der Waals surface area contributed by atoms with Crippen LogP contribution in [0.1, 0.15) is 86.1 Å². The maximum Gasteiger partial charge on any atom is 0.325 e. The predicted molar refractivity (Wildman–Crippen MR) is 222 cm³/mol. The van der Waals surface area contributed by atoms with Gasteiger partial charge in [-0.3, -0.25) is 29.0 Å². The molecule has 1 unspecified atom stereocenters. The smallest absolute Gasteiger partial charge is 0.325 e. The summed E-state index contributed by atoms with van der Waals surface area (Å²) in [4.78, 5) is 80.2. The van der Waals surface area contributed by atoms with E-state index in [1.165, 1.54) is 36.2 Å². The first kappa shape index (κ1) is 48.3. The second-order valence-corrected chi connectivity index (χ2v) is 16.1. The predicted octanol–water partition coefficient (Wildman–Crippen LogP) is 2.85. The van der Waals surface area contributed by atoms with Crippen molar-refractivity contribution >= 4 is 35.4 Å². The SMILES string of the molecule is CC(=O)CC[C@H]1C(=O)N[C@@H](C(C)C)C(=O)N[C@@H](Cc2cccc(O)c2)C(=O)N2CCCC(N2)C(=O)O[C@H](C(C)=CC=CC(=O)NC(C)C)CC=CC=C[C@H](O)[C@H](C)[C@H]1O. The van der Waals surface area contributed by atoms with E-state index in [1.54, 1.807) is 70.2 Å². The lowest BCUT2D eigenvalue weighted by Crippen LogP contribution is -2.62. The average Bonchev–Trinajstić information content (AvgIpc) is 3.17. The van der Waals surface area contributed by atoms with Crippen molar-refractivity contribution in [2.75, 3.05) is 6.54 Å². The number of ketones is 1. The van der Waals surface area contributed by atoms with Gasteiger partial charge in [0.05, 0.1) is 18.1 Å². The third kappa shape index (κ3) is 15.5. The van der Waals surface area contributed by atoms with Crippen LogP contribution in [-0.4, -0.2) is 105 Å². The highest BCUT2D eigenvalue weighted by Crippen LogP contribution is 2.24. The van der Waals surface area contributed by atoms with E-state index >= 15 is 0 Å². The summed E-state index contributed by atoms with van der Waals surface area (Å²) in [7, 11) is 0. The number of Topliss-reactive ketones (excluding diaryl/α,β-unsaturated/α-hetero) is 1. The second kappa shape index (κ2) is 23.5. The Hall–Kier alpha value is -5.12. The lowest BCUT2D eigenvalue weighted by molar-refractivity contribution is -0.156. The third-order valence-electron chi connectivity index (χ3n) is 10.3. The molecule has 59 heavy (non-hydrogen) atoms. The topological polar surface area (TPSA) is 224 Å². The van der Waals surface area contributed by atoms with E-state index in [9.17, 15) is 44.1 Å². The fourth-order valence-electron chi connectivity index (χ4n) is 6.77. The number of allylic oxidation sites excluding steroid dienone is 4. The van der Waals surface area contributed by atoms with Crippen molar-refractivity contribution in [3.63, 3.8) is 0 Å². The number of hydrazine groups is 1. The zero-order chi connectivity index (χ0) is 43.8. The van der Waals surface area contributed by atoms with Crippen molar-refractivity contribution in [3.05, 3.63) is 77.9 Å². The number of phenols is 1. The molecule has 15 nitrogen and oxygen atoms in total. The monoisotopic (exact) mass is 821 g/mol. The molecule has 0 saturated carbocycles. The van der Waals surface area contributed by atoms with Crippen LogP contribution in [0.25, 0.3) is 0 Å². The Morgan fingerprint density at radius 3 is 2.42 bits per heavy atom. The molecule has 3 rings (SSSR count). The number of nitrogens with one attached hydrogen (secondary N) is 4. The Morgan fingerprint density at radius 2 is 1.76 bits per heavy atom. The number of amides is 4. The molecule has 1 saturated heterocycles. The maximum atomic E-state index is 14.3. The number of aromatic hydroxyl groups is 1. The Labute approximate surface area is 347 Å². The van der Waals surface area contributed by atoms with E-state index in [4.69, 9.17) is 4.74 Å². The summed E-state index contributed by atoms with van der Waals surface area (Å²) in [6.07, 6.45) is 8.43. The van der Waals surface area contributed by atoms with Gasteiger partial charge in [-0.25, -0.2) is 5.43 Å². The largest absolute Gasteiger partial charge is 0.508 e. The van der Waals surface area contributed by atoms with Crippen molar-refractivity contribution in [1.29, 1.82) is 0 Å². The number of hydrogen-bond acceptors (Lipinski definition) is 11. The van der Waals surface area contributed by atoms with Gasteiger partial charge < -0.3 is 40.8 Å². The molecule has 1 fully saturated rings. The first-order valence-corrected chi connectivity index (χ1v) is 20.4. The minimum absolute atomic E-state index is 0.0278. The van der Waals surface area contributed by atoms with Crippen LogP contribution in [-0.2, 0) is 39.9 Å². The lowest BCUT2D eigenvalue weighted by atomic mass is 9.84. The molecule has 2 bridgehead atoms. The summed E-state index contributed by atoms with van der Waals surface area (Å²) in [5, 5.41) is 42.3. The Bertz CT molecular complexity index is 1750. The van der Waals surface area contributed by atoms with E-state index in [0.29, 0.717) is 24.0 Å². The summed E-state index contributed by atoms with van der Waals surface area (Å²) in [6, 6.07) is 2.86. The number of esters is 1. The van der Waals surface area contributed by atoms with Crippen molar-refractivity contribution in [2.45, 2.75) is 129 Å². The highest BCUT2D eigenvalue weighted by Gasteiger charge is 2.38. The molecule has 2 aliphatic rings. The van der Waals surface area contributed by atoms with Crippen molar-refractivity contribution in [3.8, 4) is 5.75 Å². The Morgan fingerprint density at radius 1 is 1.03 bits per heavy atom. The number of cyclic esters (lactones) is 1. The molecule has 2 heterocycles. The molecule has 8 atom stereocenters. The molecule has 0 spiro atoms. The first-order valence-electron chi connectivity index (χ1n) is 20.4. The second-order valence-electron chi connectivity index (χ2n) is 16.1. The number of carbonyl (C=O) groups is 6. The van der Waals surface area contributed by atoms with Crippen molar-refractivity contribution in [1.82, 2.24) is 26.4 Å². The van der Waals surface area contributed by atoms with E-state index in [0.717, 1.165) is 0 Å². The molecular weight excluding hydrogens is 759 g/mol. The number of ether oxygens (including phenoxy) is 1. The summed E-state index contributed by atoms with van der Waals surface area (Å²) in [5.41, 5.74) is 4.15. The van der Waals surface area contributed by atoms with Crippen LogP contribution in [0.4, 0.5) is 0 Å². The Balaban J connectivity index is 2.07. The van der Waals surface area contributed by atoms with Crippen LogP contribution in [0.2, 0.25) is 0 Å². The quantitative estimate of drug-likeness (QED) is 0.103. The van der Waals surface area contributed by atoms with Crippen molar-refractivity contribution in [2.24, 2.45) is 17.8 Å². The van der Waals surface area contributed by atoms with Crippen LogP contribution in [0.5, 0.6) is 5.75 Å². The number of hydrogen-bond donors (Lipinski definition) is 7. The molecular formula is C44H63N5O10. The molecule has 2 aliphatic heterocycles. The van der Waals surface area contributed by atoms with Crippen LogP contribution < -0.4 is 21.4 Å². The van der Waals surface area contributed by atoms with Gasteiger partial charge in [0.1, 0.15) is 35.8 Å². The fraction of sp³-hybridized carbons (Fsp3) is 0.545. The number of nitrogens with zero attached hydrogens (tertiary/aromatic N) is 1. The Kier molecular flexibility index (Phi) is 19.2. The van der Waals surface area contributed by atoms with E-state index in [-0.39, 0.29) is 55.7 Å². The third-order valence-corrected chi connectivity index (χ3v) is 10.3. The van der Waals surface area contributed by atoms with Crippen molar-refractivity contribution < 1.29 is 48.8 Å². The van der Waals surface area contributed by atoms with Gasteiger partial charge in [0.2, 0.25) is 17.7 Å². The van der Waals surface area contributed by atoms with Gasteiger partial charge in [0, 0.05) is 43.8 Å². The molecule has 15 heteroatoms. The van der Waals surface area contributed by atoms with E-state index in [2.05, 4.69) is 21.4 Å². The van der Waals surface area contributed by atoms with Crippen LogP contribution in [0, 0.1) is 17.8 Å². The molecule has 0 aromatic heterocycles. The number of carbonyl (C=O) groups excluding carboxylic acids is 6. The molecule has 1 aromatic carbocycles. The molecule has 7 N–H and O–H groups in total. The van der Waals surface area contributed by atoms with E-state index < -0.39 is 77.9 Å². The highest BCUT2D eigenvalue weighted by atomic mass is 16.5. The van der Waals surface area contributed by atoms with Crippen LogP contribution >= 0.6 is 0 Å². The number of phenolic OH excluding ortho intramolecular Hbond substituents is 1. The molecule has 324 valence electrons. The first-order chi connectivity index (χ1) is 27.9. The number of aliphatic hydroxyl groups excluding tert-OH is 2. The summed E-state index contributed by atoms with van der Waals surface area (Å²) in [5.74, 6) is -5.65. The van der Waals surface area contributed by atoms with Gasteiger partial charge >= 0.3 is 5.97 Å². The molecule has 4 amide bonds. The molecule has 1 aromatic rings. The number of fused-ring (bicyclic) bond motifs is 2. The van der Waals surface area contributed by atoms with Gasteiger partial charge in [-0.05, 0) is 76.1 Å². The van der Waals surface area contributed by atoms with Crippen LogP contribution in [0.15, 0.2) is 72.4 Å². The van der Waals surface area contributed by atoms with Gasteiger partial charge in [-0.1, -0.05) is 69.4 Å². The fourth-order valence-corrected chi connectivity index (χ4v) is 6.77. The summed E-state index contributed by atoms with van der Waals surface area (Å²) < 4.78 is 6.01. The average molecular weight is 822 g/mol. The molecule has 0 aliphatic carbocycles. The molecule has 0 radical (unpaired) electrons. The minimum Gasteiger partial charge on any atom is -0.508 e.